The molecule has 1 aromatic heterocycles. The molecule has 2 fully saturated rings. The summed E-state index contributed by atoms with van der Waals surface area (Å²) in [5.74, 6) is -2.68. The van der Waals surface area contributed by atoms with Crippen LogP contribution in [-0.4, -0.2) is 48.6 Å². The quantitative estimate of drug-likeness (QED) is 0.716. The van der Waals surface area contributed by atoms with Gasteiger partial charge < -0.3 is 20.7 Å². The molecular formula is C24H27F2N5O2. The number of nitriles is 1. The largest absolute Gasteiger partial charge is 0.497 e. The van der Waals surface area contributed by atoms with Crippen molar-refractivity contribution in [2.45, 2.75) is 50.6 Å². The van der Waals surface area contributed by atoms with Crippen LogP contribution in [0.2, 0.25) is 0 Å². The Labute approximate surface area is 191 Å². The van der Waals surface area contributed by atoms with E-state index >= 15 is 0 Å². The number of alkyl halides is 2. The minimum atomic E-state index is -2.73. The molecule has 0 unspecified atom stereocenters. The predicted octanol–water partition coefficient (Wildman–Crippen LogP) is 3.39. The third kappa shape index (κ3) is 4.62. The number of aryl methyl sites for hydroxylation is 1. The minimum absolute atomic E-state index is 0.296. The molecular weight excluding hydrogens is 428 g/mol. The first-order chi connectivity index (χ1) is 15.5. The fourth-order valence-corrected chi connectivity index (χ4v) is 4.56. The van der Waals surface area contributed by atoms with Gasteiger partial charge in [0.25, 0.3) is 11.8 Å². The van der Waals surface area contributed by atoms with Crippen LogP contribution in [0.15, 0.2) is 24.4 Å². The number of hydrogen-bond donors (Lipinski definition) is 2. The predicted molar refractivity (Wildman–Crippen MR) is 121 cm³/mol. The Morgan fingerprint density at radius 1 is 1.36 bits per heavy atom. The van der Waals surface area contributed by atoms with E-state index in [0.717, 1.165) is 6.42 Å². The van der Waals surface area contributed by atoms with E-state index in [1.54, 1.807) is 18.2 Å². The van der Waals surface area contributed by atoms with E-state index in [-0.39, 0.29) is 12.8 Å². The number of methoxy groups -OCH3 is 1. The number of aromatic nitrogens is 1. The molecule has 1 saturated heterocycles. The number of carbonyl (C=O) groups is 1. The van der Waals surface area contributed by atoms with Gasteiger partial charge >= 0.3 is 0 Å². The summed E-state index contributed by atoms with van der Waals surface area (Å²) in [4.78, 5) is 19.7. The highest BCUT2D eigenvalue weighted by Crippen LogP contribution is 2.41. The lowest BCUT2D eigenvalue weighted by Gasteiger charge is -2.35. The lowest BCUT2D eigenvalue weighted by molar-refractivity contribution is -0.0901. The van der Waals surface area contributed by atoms with E-state index in [2.05, 4.69) is 16.4 Å². The average molecular weight is 456 g/mol. The molecule has 7 nitrogen and oxygen atoms in total. The first-order valence-electron chi connectivity index (χ1n) is 10.8. The summed E-state index contributed by atoms with van der Waals surface area (Å²) in [6.07, 6.45) is 1.47. The van der Waals surface area contributed by atoms with Crippen molar-refractivity contribution in [3.05, 3.63) is 41.2 Å². The van der Waals surface area contributed by atoms with Gasteiger partial charge in [0.2, 0.25) is 0 Å². The molecule has 1 aliphatic carbocycles. The fourth-order valence-electron chi connectivity index (χ4n) is 4.56. The Hall–Kier alpha value is -3.25. The molecule has 1 amide bonds. The highest BCUT2D eigenvalue weighted by atomic mass is 19.3. The molecule has 4 rings (SSSR count). The molecule has 2 aliphatic rings. The number of nitrogens with one attached hydrogen (secondary N) is 1. The van der Waals surface area contributed by atoms with Crippen LogP contribution in [0.3, 0.4) is 0 Å². The van der Waals surface area contributed by atoms with Crippen molar-refractivity contribution in [1.29, 1.82) is 5.26 Å². The van der Waals surface area contributed by atoms with E-state index in [1.165, 1.54) is 13.3 Å². The first-order valence-corrected chi connectivity index (χ1v) is 10.8. The van der Waals surface area contributed by atoms with Crippen molar-refractivity contribution >= 4 is 11.6 Å². The summed E-state index contributed by atoms with van der Waals surface area (Å²) in [5, 5.41) is 12.2. The number of amides is 1. The van der Waals surface area contributed by atoms with E-state index in [0.29, 0.717) is 52.5 Å². The maximum atomic E-state index is 13.3. The van der Waals surface area contributed by atoms with Gasteiger partial charge in [0.05, 0.1) is 30.0 Å². The lowest BCUT2D eigenvalue weighted by atomic mass is 9.88. The number of nitrogens with zero attached hydrogens (tertiary/aromatic N) is 3. The Bertz CT molecular complexity index is 1130. The molecule has 2 aromatic rings. The van der Waals surface area contributed by atoms with E-state index < -0.39 is 23.4 Å². The molecule has 0 radical (unpaired) electrons. The summed E-state index contributed by atoms with van der Waals surface area (Å²) in [6, 6.07) is 6.70. The van der Waals surface area contributed by atoms with Crippen molar-refractivity contribution in [2.24, 2.45) is 5.73 Å². The highest BCUT2D eigenvalue weighted by Gasteiger charge is 2.46. The molecule has 0 bridgehead atoms. The number of nitrogens with two attached hydrogens (primary N) is 1. The summed E-state index contributed by atoms with van der Waals surface area (Å²) in [5.41, 5.74) is 9.33. The number of halogens is 2. The number of ether oxygens (including phenoxy) is 1. The average Bonchev–Trinajstić information content (AvgIpc) is 3.10. The lowest BCUT2D eigenvalue weighted by Crippen LogP contribution is -2.50. The molecule has 174 valence electrons. The number of carbonyl (C=O) groups excluding carboxylic acids is 1. The van der Waals surface area contributed by atoms with Crippen LogP contribution in [0.25, 0.3) is 11.1 Å². The molecule has 3 N–H and O–H groups in total. The maximum absolute atomic E-state index is 13.3. The van der Waals surface area contributed by atoms with Gasteiger partial charge in [-0.3, -0.25) is 9.78 Å². The van der Waals surface area contributed by atoms with Crippen molar-refractivity contribution in [3.8, 4) is 22.9 Å². The van der Waals surface area contributed by atoms with E-state index in [4.69, 9.17) is 10.5 Å². The van der Waals surface area contributed by atoms with Crippen LogP contribution in [0, 0.1) is 18.3 Å². The third-order valence-electron chi connectivity index (χ3n) is 6.29. The second-order valence-electron chi connectivity index (χ2n) is 9.30. The van der Waals surface area contributed by atoms with E-state index in [9.17, 15) is 18.8 Å². The molecule has 0 spiro atoms. The normalized spacial score (nSPS) is 21.9. The molecule has 1 aliphatic heterocycles. The van der Waals surface area contributed by atoms with Crippen LogP contribution in [-0.2, 0) is 0 Å². The van der Waals surface area contributed by atoms with Crippen molar-refractivity contribution in [2.75, 3.05) is 25.1 Å². The van der Waals surface area contributed by atoms with Crippen LogP contribution in [0.1, 0.15) is 47.8 Å². The van der Waals surface area contributed by atoms with Crippen LogP contribution in [0.4, 0.5) is 14.5 Å². The Kier molecular flexibility index (Phi) is 5.74. The Balaban J connectivity index is 1.83. The maximum Gasteiger partial charge on any atom is 0.255 e. The Morgan fingerprint density at radius 3 is 2.67 bits per heavy atom. The smallest absolute Gasteiger partial charge is 0.255 e. The molecule has 1 aromatic carbocycles. The second-order valence-corrected chi connectivity index (χ2v) is 9.30. The zero-order valence-electron chi connectivity index (χ0n) is 18.9. The van der Waals surface area contributed by atoms with Crippen LogP contribution >= 0.6 is 0 Å². The summed E-state index contributed by atoms with van der Waals surface area (Å²) in [7, 11) is 1.52. The molecule has 1 atom stereocenters. The highest BCUT2D eigenvalue weighted by molar-refractivity contribution is 6.04. The molecule has 1 saturated carbocycles. The second kappa shape index (κ2) is 8.27. The number of hydrogen-bond acceptors (Lipinski definition) is 6. The number of benzene rings is 1. The van der Waals surface area contributed by atoms with Gasteiger partial charge in [-0.25, -0.2) is 8.78 Å². The standard InChI is InChI=1S/C24H27F2N5O2/c1-14-20(16-6-15(11-27)7-18(8-16)33-3)21(31-5-4-23(2,28)13-31)19(12-29-14)22(32)30-17-9-24(25,26)10-17/h6-8,12,17H,4-5,9-10,13,28H2,1-3H3,(H,30,32)/t23-/m0/s1. The van der Waals surface area contributed by atoms with Gasteiger partial charge in [-0.1, -0.05) is 0 Å². The van der Waals surface area contributed by atoms with Gasteiger partial charge in [0.1, 0.15) is 5.75 Å². The van der Waals surface area contributed by atoms with Gasteiger partial charge in [-0.15, -0.1) is 0 Å². The van der Waals surface area contributed by atoms with E-state index in [1.807, 2.05) is 18.7 Å². The first kappa shape index (κ1) is 22.9. The van der Waals surface area contributed by atoms with Crippen LogP contribution in [0.5, 0.6) is 5.75 Å². The zero-order chi connectivity index (χ0) is 24.0. The summed E-state index contributed by atoms with van der Waals surface area (Å²) >= 11 is 0. The zero-order valence-corrected chi connectivity index (χ0v) is 18.9. The summed E-state index contributed by atoms with van der Waals surface area (Å²) < 4.78 is 32.0. The molecule has 9 heteroatoms. The van der Waals surface area contributed by atoms with Crippen molar-refractivity contribution in [3.63, 3.8) is 0 Å². The topological polar surface area (TPSA) is 104 Å². The van der Waals surface area contributed by atoms with Crippen LogP contribution < -0.4 is 20.7 Å². The minimum Gasteiger partial charge on any atom is -0.497 e. The third-order valence-corrected chi connectivity index (χ3v) is 6.29. The monoisotopic (exact) mass is 455 g/mol. The number of pyridine rings is 1. The number of anilines is 1. The van der Waals surface area contributed by atoms with Crippen molar-refractivity contribution in [1.82, 2.24) is 10.3 Å². The van der Waals surface area contributed by atoms with Gasteiger partial charge in [0, 0.05) is 55.0 Å². The van der Waals surface area contributed by atoms with Gasteiger partial charge in [-0.05, 0) is 44.0 Å². The fraction of sp³-hybridized carbons (Fsp3) is 0.458. The summed E-state index contributed by atoms with van der Waals surface area (Å²) in [6.45, 7) is 4.92. The Morgan fingerprint density at radius 2 is 2.09 bits per heavy atom. The van der Waals surface area contributed by atoms with Gasteiger partial charge in [-0.2, -0.15) is 5.26 Å². The molecule has 33 heavy (non-hydrogen) atoms. The van der Waals surface area contributed by atoms with Gasteiger partial charge in [0.15, 0.2) is 0 Å². The SMILES string of the molecule is COc1cc(C#N)cc(-c2c(C)ncc(C(=O)NC3CC(F)(F)C3)c2N2CC[C@](C)(N)C2)c1. The van der Waals surface area contributed by atoms with Crippen molar-refractivity contribution < 1.29 is 18.3 Å². The molecule has 2 heterocycles. The number of rotatable bonds is 5.